The number of rotatable bonds is 4. The van der Waals surface area contributed by atoms with Crippen LogP contribution in [0, 0.1) is 5.92 Å². The molecule has 1 aromatic carbocycles. The molecule has 3 rings (SSSR count). The first-order chi connectivity index (χ1) is 11.6. The van der Waals surface area contributed by atoms with Crippen LogP contribution in [-0.4, -0.2) is 41.5 Å². The van der Waals surface area contributed by atoms with Gasteiger partial charge in [-0.05, 0) is 30.9 Å². The average molecular weight is 326 g/mol. The van der Waals surface area contributed by atoms with Crippen LogP contribution in [0.5, 0.6) is 0 Å². The second-order valence-electron chi connectivity index (χ2n) is 6.14. The third-order valence-corrected chi connectivity index (χ3v) is 4.57. The van der Waals surface area contributed by atoms with Crippen molar-refractivity contribution in [3.8, 4) is 0 Å². The zero-order valence-electron chi connectivity index (χ0n) is 13.6. The van der Waals surface area contributed by atoms with Crippen LogP contribution in [0.1, 0.15) is 18.4 Å². The lowest BCUT2D eigenvalue weighted by molar-refractivity contribution is -0.123. The summed E-state index contributed by atoms with van der Waals surface area (Å²) in [6.45, 7) is 1.72. The van der Waals surface area contributed by atoms with Gasteiger partial charge in [0.15, 0.2) is 0 Å². The molecule has 1 aliphatic rings. The van der Waals surface area contributed by atoms with E-state index in [1.54, 1.807) is 11.1 Å². The van der Waals surface area contributed by atoms with Crippen molar-refractivity contribution in [2.75, 3.05) is 19.6 Å². The van der Waals surface area contributed by atoms with Crippen molar-refractivity contribution in [1.29, 1.82) is 0 Å². The van der Waals surface area contributed by atoms with Crippen LogP contribution in [0.15, 0.2) is 36.5 Å². The van der Waals surface area contributed by atoms with Gasteiger partial charge in [0, 0.05) is 37.1 Å². The van der Waals surface area contributed by atoms with Gasteiger partial charge in [0.25, 0.3) is 0 Å². The highest BCUT2D eigenvalue weighted by molar-refractivity contribution is 5.81. The molecular weight excluding hydrogens is 304 g/mol. The minimum absolute atomic E-state index is 0.0777. The van der Waals surface area contributed by atoms with Crippen molar-refractivity contribution in [2.45, 2.75) is 19.3 Å². The number of nitrogens with one attached hydrogen (secondary N) is 1. The van der Waals surface area contributed by atoms with Gasteiger partial charge in [-0.15, -0.1) is 0 Å². The third kappa shape index (κ3) is 3.64. The van der Waals surface area contributed by atoms with Crippen molar-refractivity contribution in [1.82, 2.24) is 15.2 Å². The highest BCUT2D eigenvalue weighted by Gasteiger charge is 2.25. The number of carbonyl (C=O) groups excluding carboxylic acids is 2. The predicted octanol–water partition coefficient (Wildman–Crippen LogP) is 1.68. The zero-order chi connectivity index (χ0) is 16.9. The Bertz CT molecular complexity index is 733. The lowest BCUT2D eigenvalue weighted by Crippen LogP contribution is -2.46. The fourth-order valence-electron chi connectivity index (χ4n) is 3.15. The number of primary amides is 1. The van der Waals surface area contributed by atoms with Crippen LogP contribution < -0.4 is 11.1 Å². The molecule has 6 nitrogen and oxygen atoms in total. The molecule has 1 saturated heterocycles. The van der Waals surface area contributed by atoms with Gasteiger partial charge in [-0.1, -0.05) is 24.3 Å². The van der Waals surface area contributed by atoms with Crippen molar-refractivity contribution >= 4 is 22.8 Å². The van der Waals surface area contributed by atoms with Gasteiger partial charge in [-0.25, -0.2) is 4.79 Å². The van der Waals surface area contributed by atoms with Gasteiger partial charge < -0.3 is 16.0 Å². The maximum Gasteiger partial charge on any atom is 0.317 e. The molecule has 24 heavy (non-hydrogen) atoms. The van der Waals surface area contributed by atoms with Crippen LogP contribution in [0.25, 0.3) is 10.9 Å². The quantitative estimate of drug-likeness (QED) is 0.896. The first-order valence-corrected chi connectivity index (χ1v) is 8.30. The number of aromatic nitrogens is 1. The first-order valence-electron chi connectivity index (χ1n) is 8.30. The maximum absolute atomic E-state index is 12.2. The molecule has 0 spiro atoms. The van der Waals surface area contributed by atoms with Gasteiger partial charge in [0.05, 0.1) is 5.52 Å². The van der Waals surface area contributed by atoms with Crippen LogP contribution >= 0.6 is 0 Å². The van der Waals surface area contributed by atoms with Crippen molar-refractivity contribution in [2.24, 2.45) is 11.7 Å². The molecule has 1 aliphatic heterocycles. The Morgan fingerprint density at radius 2 is 1.96 bits per heavy atom. The monoisotopic (exact) mass is 326 g/mol. The number of carbonyl (C=O) groups is 2. The summed E-state index contributed by atoms with van der Waals surface area (Å²) >= 11 is 0. The molecule has 6 heteroatoms. The number of hydrogen-bond donors (Lipinski definition) is 2. The normalized spacial score (nSPS) is 15.4. The summed E-state index contributed by atoms with van der Waals surface area (Å²) < 4.78 is 0. The summed E-state index contributed by atoms with van der Waals surface area (Å²) in [6, 6.07) is 9.96. The topological polar surface area (TPSA) is 88.3 Å². The number of likely N-dealkylation sites (tertiary alicyclic amines) is 1. The molecule has 3 amide bonds. The minimum atomic E-state index is -0.265. The van der Waals surface area contributed by atoms with Crippen LogP contribution in [0.2, 0.25) is 0 Å². The molecule has 0 aliphatic carbocycles. The number of fused-ring (bicyclic) bond motifs is 1. The largest absolute Gasteiger partial charge is 0.369 e. The number of nitrogens with zero attached hydrogens (tertiary/aromatic N) is 2. The summed E-state index contributed by atoms with van der Waals surface area (Å²) in [7, 11) is 0. The van der Waals surface area contributed by atoms with Crippen LogP contribution in [0.4, 0.5) is 4.79 Å². The number of amides is 3. The second kappa shape index (κ2) is 7.29. The molecule has 1 aromatic heterocycles. The molecule has 0 radical (unpaired) electrons. The predicted molar refractivity (Wildman–Crippen MR) is 92.3 cm³/mol. The van der Waals surface area contributed by atoms with Gasteiger partial charge in [-0.2, -0.15) is 0 Å². The Kier molecular flexibility index (Phi) is 4.93. The lowest BCUT2D eigenvalue weighted by Gasteiger charge is -2.30. The summed E-state index contributed by atoms with van der Waals surface area (Å²) in [6.07, 6.45) is 3.82. The number of urea groups is 1. The highest BCUT2D eigenvalue weighted by Crippen LogP contribution is 2.17. The summed E-state index contributed by atoms with van der Waals surface area (Å²) in [5, 5.41) is 4.06. The fourth-order valence-corrected chi connectivity index (χ4v) is 3.15. The molecule has 0 atom stereocenters. The van der Waals surface area contributed by atoms with E-state index >= 15 is 0 Å². The number of pyridine rings is 1. The fraction of sp³-hybridized carbons (Fsp3) is 0.389. The van der Waals surface area contributed by atoms with E-state index < -0.39 is 0 Å². The zero-order valence-corrected chi connectivity index (χ0v) is 13.6. The summed E-state index contributed by atoms with van der Waals surface area (Å²) in [4.78, 5) is 29.6. The van der Waals surface area contributed by atoms with E-state index in [1.165, 1.54) is 0 Å². The average Bonchev–Trinajstić information content (AvgIpc) is 2.62. The standard InChI is InChI=1S/C18H22N4O2/c19-17(23)15-7-11-22(12-8-15)18(24)21-10-6-14-4-1-3-13-5-2-9-20-16(13)14/h1-5,9,15H,6-8,10-12H2,(H2,19,23)(H,21,24). The Hall–Kier alpha value is -2.63. The molecule has 2 aromatic rings. The van der Waals surface area contributed by atoms with E-state index in [2.05, 4.69) is 10.3 Å². The number of hydrogen-bond acceptors (Lipinski definition) is 3. The number of nitrogens with two attached hydrogens (primary N) is 1. The molecule has 0 unspecified atom stereocenters. The Labute approximate surface area is 141 Å². The Morgan fingerprint density at radius 1 is 1.21 bits per heavy atom. The van der Waals surface area contributed by atoms with Crippen molar-refractivity contribution in [3.63, 3.8) is 0 Å². The molecule has 126 valence electrons. The number of benzene rings is 1. The Balaban J connectivity index is 1.51. The van der Waals surface area contributed by atoms with E-state index in [1.807, 2.05) is 30.3 Å². The second-order valence-corrected chi connectivity index (χ2v) is 6.14. The van der Waals surface area contributed by atoms with E-state index in [0.29, 0.717) is 32.5 Å². The van der Waals surface area contributed by atoms with Crippen molar-refractivity contribution in [3.05, 3.63) is 42.1 Å². The molecule has 0 bridgehead atoms. The van der Waals surface area contributed by atoms with Gasteiger partial charge in [0.1, 0.15) is 0 Å². The molecular formula is C18H22N4O2. The van der Waals surface area contributed by atoms with E-state index in [-0.39, 0.29) is 17.9 Å². The molecule has 3 N–H and O–H groups in total. The molecule has 1 fully saturated rings. The summed E-state index contributed by atoms with van der Waals surface area (Å²) in [5.41, 5.74) is 7.42. The third-order valence-electron chi connectivity index (χ3n) is 4.57. The van der Waals surface area contributed by atoms with Gasteiger partial charge in [0.2, 0.25) is 5.91 Å². The van der Waals surface area contributed by atoms with Crippen LogP contribution in [0.3, 0.4) is 0 Å². The van der Waals surface area contributed by atoms with Gasteiger partial charge in [-0.3, -0.25) is 9.78 Å². The van der Waals surface area contributed by atoms with E-state index in [4.69, 9.17) is 5.73 Å². The van der Waals surface area contributed by atoms with E-state index in [0.717, 1.165) is 22.9 Å². The number of piperidine rings is 1. The smallest absolute Gasteiger partial charge is 0.317 e. The summed E-state index contributed by atoms with van der Waals surface area (Å²) in [5.74, 6) is -0.366. The molecule has 2 heterocycles. The maximum atomic E-state index is 12.2. The SMILES string of the molecule is NC(=O)C1CCN(C(=O)NCCc2cccc3cccnc23)CC1. The number of para-hydroxylation sites is 1. The highest BCUT2D eigenvalue weighted by atomic mass is 16.2. The Morgan fingerprint density at radius 3 is 2.71 bits per heavy atom. The molecule has 0 saturated carbocycles. The first kappa shape index (κ1) is 16.2. The van der Waals surface area contributed by atoms with Crippen molar-refractivity contribution < 1.29 is 9.59 Å². The van der Waals surface area contributed by atoms with Gasteiger partial charge >= 0.3 is 6.03 Å². The van der Waals surface area contributed by atoms with Crippen LogP contribution in [-0.2, 0) is 11.2 Å². The lowest BCUT2D eigenvalue weighted by atomic mass is 9.96. The van der Waals surface area contributed by atoms with E-state index in [9.17, 15) is 9.59 Å². The minimum Gasteiger partial charge on any atom is -0.369 e.